The van der Waals surface area contributed by atoms with Crippen molar-refractivity contribution in [2.24, 2.45) is 4.99 Å². The summed E-state index contributed by atoms with van der Waals surface area (Å²) in [7, 11) is 1.58. The van der Waals surface area contributed by atoms with Gasteiger partial charge < -0.3 is 14.8 Å². The number of anilines is 1. The van der Waals surface area contributed by atoms with Crippen molar-refractivity contribution in [1.29, 1.82) is 0 Å². The molecule has 3 aromatic rings. The van der Waals surface area contributed by atoms with E-state index in [9.17, 15) is 14.4 Å². The third kappa shape index (κ3) is 7.01. The maximum atomic E-state index is 13.4. The average molecular weight is 532 g/mol. The molecule has 8 nitrogen and oxygen atoms in total. The quantitative estimate of drug-likeness (QED) is 0.367. The standard InChI is InChI=1S/C29H29N3O5S/c1-3-37-28(35)21-9-11-23(12-10-21)31-29-32(18-17-20-7-5-4-6-8-20)27(34)25(38-29)19-26(33)30-22-13-15-24(36-2)16-14-22/h4-16,25H,3,17-19H2,1-2H3,(H,30,33)/t25-/m1/s1. The number of ether oxygens (including phenoxy) is 2. The third-order valence-electron chi connectivity index (χ3n) is 5.83. The second kappa shape index (κ2) is 12.9. The molecule has 2 amide bonds. The number of rotatable bonds is 10. The van der Waals surface area contributed by atoms with Crippen molar-refractivity contribution in [3.63, 3.8) is 0 Å². The maximum absolute atomic E-state index is 13.4. The zero-order chi connectivity index (χ0) is 26.9. The molecule has 196 valence electrons. The number of amides is 2. The molecule has 0 spiro atoms. The summed E-state index contributed by atoms with van der Waals surface area (Å²) in [6.07, 6.45) is 0.664. The minimum Gasteiger partial charge on any atom is -0.497 e. The van der Waals surface area contributed by atoms with E-state index in [1.807, 2.05) is 30.3 Å². The number of carbonyl (C=O) groups is 3. The van der Waals surface area contributed by atoms with Gasteiger partial charge in [-0.25, -0.2) is 9.79 Å². The summed E-state index contributed by atoms with van der Waals surface area (Å²) in [4.78, 5) is 44.4. The van der Waals surface area contributed by atoms with Gasteiger partial charge in [-0.1, -0.05) is 42.1 Å². The van der Waals surface area contributed by atoms with Gasteiger partial charge in [0.25, 0.3) is 0 Å². The van der Waals surface area contributed by atoms with Crippen molar-refractivity contribution < 1.29 is 23.9 Å². The Morgan fingerprint density at radius 3 is 2.37 bits per heavy atom. The van der Waals surface area contributed by atoms with Crippen LogP contribution in [0.25, 0.3) is 0 Å². The largest absolute Gasteiger partial charge is 0.497 e. The first kappa shape index (κ1) is 26.9. The predicted molar refractivity (Wildman–Crippen MR) is 149 cm³/mol. The number of amidine groups is 1. The zero-order valence-electron chi connectivity index (χ0n) is 21.3. The van der Waals surface area contributed by atoms with Gasteiger partial charge >= 0.3 is 5.97 Å². The van der Waals surface area contributed by atoms with Crippen LogP contribution in [0.2, 0.25) is 0 Å². The molecule has 0 bridgehead atoms. The highest BCUT2D eigenvalue weighted by atomic mass is 32.2. The molecule has 1 N–H and O–H groups in total. The van der Waals surface area contributed by atoms with E-state index >= 15 is 0 Å². The fourth-order valence-electron chi connectivity index (χ4n) is 3.87. The van der Waals surface area contributed by atoms with Gasteiger partial charge in [-0.05, 0) is 67.4 Å². The van der Waals surface area contributed by atoms with Gasteiger partial charge in [-0.15, -0.1) is 0 Å². The molecule has 9 heteroatoms. The fourth-order valence-corrected chi connectivity index (χ4v) is 5.05. The van der Waals surface area contributed by atoms with Crippen molar-refractivity contribution in [3.05, 3.63) is 90.0 Å². The number of thioether (sulfide) groups is 1. The Hall–Kier alpha value is -4.11. The first-order valence-electron chi connectivity index (χ1n) is 12.3. The summed E-state index contributed by atoms with van der Waals surface area (Å²) in [5.41, 5.74) is 2.76. The monoisotopic (exact) mass is 531 g/mol. The Morgan fingerprint density at radius 1 is 1.00 bits per heavy atom. The van der Waals surface area contributed by atoms with Crippen molar-refractivity contribution in [2.75, 3.05) is 25.6 Å². The molecular weight excluding hydrogens is 502 g/mol. The molecule has 1 aliphatic heterocycles. The van der Waals surface area contributed by atoms with Crippen molar-refractivity contribution in [3.8, 4) is 5.75 Å². The zero-order valence-corrected chi connectivity index (χ0v) is 22.1. The first-order chi connectivity index (χ1) is 18.5. The first-order valence-corrected chi connectivity index (χ1v) is 13.2. The summed E-state index contributed by atoms with van der Waals surface area (Å²) in [5.74, 6) is -0.124. The lowest BCUT2D eigenvalue weighted by Gasteiger charge is -2.16. The van der Waals surface area contributed by atoms with Crippen LogP contribution in [0.3, 0.4) is 0 Å². The Labute approximate surface area is 226 Å². The molecule has 1 saturated heterocycles. The maximum Gasteiger partial charge on any atom is 0.338 e. The van der Waals surface area contributed by atoms with Crippen molar-refractivity contribution in [2.45, 2.75) is 25.0 Å². The van der Waals surface area contributed by atoms with Crippen LogP contribution in [0.5, 0.6) is 5.75 Å². The topological polar surface area (TPSA) is 97.3 Å². The summed E-state index contributed by atoms with van der Waals surface area (Å²) in [5, 5.41) is 2.77. The molecule has 1 aliphatic rings. The normalized spacial score (nSPS) is 15.9. The molecule has 38 heavy (non-hydrogen) atoms. The second-order valence-corrected chi connectivity index (χ2v) is 9.64. The molecule has 0 aliphatic carbocycles. The van der Waals surface area contributed by atoms with Gasteiger partial charge in [0, 0.05) is 18.7 Å². The number of hydrogen-bond donors (Lipinski definition) is 1. The van der Waals surface area contributed by atoms with Crippen molar-refractivity contribution in [1.82, 2.24) is 4.90 Å². The molecule has 3 aromatic carbocycles. The highest BCUT2D eigenvalue weighted by Crippen LogP contribution is 2.32. The molecule has 0 radical (unpaired) electrons. The number of benzene rings is 3. The molecular formula is C29H29N3O5S. The number of carbonyl (C=O) groups excluding carboxylic acids is 3. The lowest BCUT2D eigenvalue weighted by Crippen LogP contribution is -2.35. The summed E-state index contributed by atoms with van der Waals surface area (Å²) < 4.78 is 10.2. The van der Waals surface area contributed by atoms with E-state index in [2.05, 4.69) is 5.32 Å². The Morgan fingerprint density at radius 2 is 1.71 bits per heavy atom. The van der Waals surface area contributed by atoms with E-state index in [0.29, 0.717) is 47.4 Å². The van der Waals surface area contributed by atoms with E-state index in [0.717, 1.165) is 5.56 Å². The van der Waals surface area contributed by atoms with Gasteiger partial charge in [0.1, 0.15) is 11.0 Å². The molecule has 4 rings (SSSR count). The van der Waals surface area contributed by atoms with Crippen LogP contribution in [0.15, 0.2) is 83.9 Å². The average Bonchev–Trinajstić information content (AvgIpc) is 3.22. The number of hydrogen-bond acceptors (Lipinski definition) is 7. The molecule has 0 saturated carbocycles. The van der Waals surface area contributed by atoms with E-state index in [-0.39, 0.29) is 18.2 Å². The lowest BCUT2D eigenvalue weighted by atomic mass is 10.1. The number of aliphatic imine (C=N–C) groups is 1. The van der Waals surface area contributed by atoms with Crippen LogP contribution >= 0.6 is 11.8 Å². The van der Waals surface area contributed by atoms with Crippen LogP contribution in [-0.2, 0) is 20.7 Å². The fraction of sp³-hybridized carbons (Fsp3) is 0.241. The van der Waals surface area contributed by atoms with E-state index < -0.39 is 11.2 Å². The minimum absolute atomic E-state index is 0.0121. The van der Waals surface area contributed by atoms with Crippen LogP contribution in [0.4, 0.5) is 11.4 Å². The number of nitrogens with one attached hydrogen (secondary N) is 1. The van der Waals surface area contributed by atoms with E-state index in [1.54, 1.807) is 67.5 Å². The van der Waals surface area contributed by atoms with E-state index in [1.165, 1.54) is 11.8 Å². The number of esters is 1. The van der Waals surface area contributed by atoms with Crippen LogP contribution in [-0.4, -0.2) is 53.4 Å². The SMILES string of the molecule is CCOC(=O)c1ccc(N=C2S[C@H](CC(=O)Nc3ccc(OC)cc3)C(=O)N2CCc2ccccc2)cc1. The summed E-state index contributed by atoms with van der Waals surface area (Å²) in [6, 6.07) is 23.6. The predicted octanol–water partition coefficient (Wildman–Crippen LogP) is 5.07. The van der Waals surface area contributed by atoms with Gasteiger partial charge in [0.05, 0.1) is 25.0 Å². The van der Waals surface area contributed by atoms with Gasteiger partial charge in [0.2, 0.25) is 11.8 Å². The summed E-state index contributed by atoms with van der Waals surface area (Å²) >= 11 is 1.27. The molecule has 0 aromatic heterocycles. The Balaban J connectivity index is 1.49. The van der Waals surface area contributed by atoms with Crippen LogP contribution < -0.4 is 10.1 Å². The van der Waals surface area contributed by atoms with Gasteiger partial charge in [-0.2, -0.15) is 0 Å². The Bertz CT molecular complexity index is 1290. The van der Waals surface area contributed by atoms with E-state index in [4.69, 9.17) is 14.5 Å². The number of nitrogens with zero attached hydrogens (tertiary/aromatic N) is 2. The molecule has 1 fully saturated rings. The molecule has 1 atom stereocenters. The number of methoxy groups -OCH3 is 1. The smallest absolute Gasteiger partial charge is 0.338 e. The van der Waals surface area contributed by atoms with Crippen LogP contribution in [0, 0.1) is 0 Å². The highest BCUT2D eigenvalue weighted by Gasteiger charge is 2.39. The highest BCUT2D eigenvalue weighted by molar-refractivity contribution is 8.15. The summed E-state index contributed by atoms with van der Waals surface area (Å²) in [6.45, 7) is 2.49. The van der Waals surface area contributed by atoms with Gasteiger partial charge in [-0.3, -0.25) is 14.5 Å². The Kier molecular flexibility index (Phi) is 9.16. The minimum atomic E-state index is -0.596. The van der Waals surface area contributed by atoms with Crippen molar-refractivity contribution >= 4 is 46.1 Å². The molecule has 0 unspecified atom stereocenters. The van der Waals surface area contributed by atoms with Crippen LogP contribution in [0.1, 0.15) is 29.3 Å². The lowest BCUT2D eigenvalue weighted by molar-refractivity contribution is -0.128. The van der Waals surface area contributed by atoms with Gasteiger partial charge in [0.15, 0.2) is 5.17 Å². The molecule has 1 heterocycles. The third-order valence-corrected chi connectivity index (χ3v) is 7.01. The second-order valence-electron chi connectivity index (χ2n) is 8.47.